The standard InChI is InChI=1S/C27H26N2O7/c1-4-6-9-19-21-15(3)14-16(24(30)28-34)12-13-20(21)23(36-27(33)35-5-2)22(19)29-25(31)17-10-7-8-11-18(17)26(29)32/h7-8,10-14,31-32H,4-6,9H2,1-3H3. The van der Waals surface area contributed by atoms with Crippen LogP contribution in [-0.4, -0.2) is 33.4 Å². The number of ether oxygens (including phenoxy) is 2. The fourth-order valence-corrected chi connectivity index (χ4v) is 4.57. The van der Waals surface area contributed by atoms with E-state index in [-0.39, 0.29) is 29.7 Å². The molecule has 9 heteroatoms. The fourth-order valence-electron chi connectivity index (χ4n) is 4.57. The minimum atomic E-state index is -0.960. The van der Waals surface area contributed by atoms with Crippen molar-refractivity contribution in [2.45, 2.75) is 40.0 Å². The van der Waals surface area contributed by atoms with E-state index < -0.39 is 12.1 Å². The van der Waals surface area contributed by atoms with E-state index in [0.29, 0.717) is 45.1 Å². The van der Waals surface area contributed by atoms with Crippen LogP contribution < -0.4 is 4.74 Å². The predicted molar refractivity (Wildman–Crippen MR) is 134 cm³/mol. The van der Waals surface area contributed by atoms with E-state index in [1.54, 1.807) is 50.2 Å². The van der Waals surface area contributed by atoms with Crippen LogP contribution in [0.15, 0.2) is 47.6 Å². The highest BCUT2D eigenvalue weighted by atomic mass is 16.7. The molecule has 1 heterocycles. The molecule has 0 saturated heterocycles. The summed E-state index contributed by atoms with van der Waals surface area (Å²) in [6, 6.07) is 11.4. The van der Waals surface area contributed by atoms with Gasteiger partial charge in [-0.2, -0.15) is 0 Å². The maximum Gasteiger partial charge on any atom is 0.513 e. The average Bonchev–Trinajstić information content (AvgIpc) is 3.21. The van der Waals surface area contributed by atoms with Gasteiger partial charge in [-0.05, 0) is 73.7 Å². The van der Waals surface area contributed by atoms with E-state index in [0.717, 1.165) is 12.8 Å². The second kappa shape index (κ2) is 10.1. The molecule has 2 aliphatic rings. The van der Waals surface area contributed by atoms with Crippen molar-refractivity contribution >= 4 is 22.8 Å². The summed E-state index contributed by atoms with van der Waals surface area (Å²) >= 11 is 0. The molecule has 1 amide bonds. The number of aromatic hydroxyl groups is 2. The van der Waals surface area contributed by atoms with Crippen molar-refractivity contribution < 1.29 is 29.3 Å². The first-order chi connectivity index (χ1) is 17.3. The molecule has 0 atom stereocenters. The molecule has 0 saturated carbocycles. The molecule has 2 aromatic rings. The van der Waals surface area contributed by atoms with Gasteiger partial charge < -0.3 is 19.7 Å². The molecule has 2 aliphatic carbocycles. The van der Waals surface area contributed by atoms with Crippen LogP contribution in [0.25, 0.3) is 27.6 Å². The lowest BCUT2D eigenvalue weighted by molar-refractivity contribution is 0.0998. The summed E-state index contributed by atoms with van der Waals surface area (Å²) < 4.78 is 12.0. The number of amides is 1. The Balaban J connectivity index is 2.14. The number of hydrogen-bond acceptors (Lipinski definition) is 7. The highest BCUT2D eigenvalue weighted by Crippen LogP contribution is 2.51. The maximum atomic E-state index is 12.5. The normalized spacial score (nSPS) is 11.1. The van der Waals surface area contributed by atoms with Crippen molar-refractivity contribution in [3.8, 4) is 34.3 Å². The molecule has 0 radical (unpaired) electrons. The van der Waals surface area contributed by atoms with Crippen LogP contribution in [0.2, 0.25) is 0 Å². The van der Waals surface area contributed by atoms with Gasteiger partial charge in [-0.25, -0.2) is 9.36 Å². The van der Waals surface area contributed by atoms with Gasteiger partial charge in [-0.15, -0.1) is 4.91 Å². The summed E-state index contributed by atoms with van der Waals surface area (Å²) in [5.41, 5.74) is 2.82. The molecule has 4 rings (SSSR count). The average molecular weight is 491 g/mol. The van der Waals surface area contributed by atoms with Gasteiger partial charge in [0.1, 0.15) is 0 Å². The first-order valence-corrected chi connectivity index (χ1v) is 11.7. The van der Waals surface area contributed by atoms with Crippen LogP contribution in [0.5, 0.6) is 17.5 Å². The molecule has 9 nitrogen and oxygen atoms in total. The topological polar surface area (TPSA) is 127 Å². The van der Waals surface area contributed by atoms with Crippen LogP contribution in [0.1, 0.15) is 48.2 Å². The van der Waals surface area contributed by atoms with E-state index in [4.69, 9.17) is 9.47 Å². The van der Waals surface area contributed by atoms with Gasteiger partial charge in [0, 0.05) is 27.1 Å². The molecule has 1 aromatic heterocycles. The molecular formula is C27H26N2O7. The van der Waals surface area contributed by atoms with Crippen LogP contribution in [0.3, 0.4) is 0 Å². The number of aryl methyl sites for hydroxylation is 1. The van der Waals surface area contributed by atoms with Crippen molar-refractivity contribution in [3.05, 3.63) is 64.1 Å². The minimum absolute atomic E-state index is 0.0530. The molecule has 1 aromatic carbocycles. The number of rotatable bonds is 7. The number of nitrogens with zero attached hydrogens (tertiary/aromatic N) is 2. The Morgan fingerprint density at radius 3 is 2.28 bits per heavy atom. The number of fused-ring (bicyclic) bond motifs is 2. The highest BCUT2D eigenvalue weighted by Gasteiger charge is 2.32. The van der Waals surface area contributed by atoms with E-state index in [2.05, 4.69) is 5.18 Å². The van der Waals surface area contributed by atoms with E-state index in [9.17, 15) is 24.7 Å². The summed E-state index contributed by atoms with van der Waals surface area (Å²) in [6.07, 6.45) is 1.16. The van der Waals surface area contributed by atoms with Gasteiger partial charge in [-0.3, -0.25) is 4.79 Å². The summed E-state index contributed by atoms with van der Waals surface area (Å²) in [5.74, 6) is -1.30. The largest absolute Gasteiger partial charge is 0.513 e. The molecule has 36 heavy (non-hydrogen) atoms. The molecule has 186 valence electrons. The summed E-state index contributed by atoms with van der Waals surface area (Å²) in [4.78, 5) is 35.4. The quantitative estimate of drug-likeness (QED) is 0.232. The van der Waals surface area contributed by atoms with Crippen molar-refractivity contribution in [3.63, 3.8) is 0 Å². The van der Waals surface area contributed by atoms with Crippen LogP contribution >= 0.6 is 0 Å². The number of nitroso groups, excluding NO2 is 1. The van der Waals surface area contributed by atoms with E-state index in [1.807, 2.05) is 6.92 Å². The smallest absolute Gasteiger partial charge is 0.494 e. The third-order valence-electron chi connectivity index (χ3n) is 6.13. The third-order valence-corrected chi connectivity index (χ3v) is 6.13. The van der Waals surface area contributed by atoms with Gasteiger partial charge in [0.2, 0.25) is 11.8 Å². The number of carbonyl (C=O) groups is 2. The number of benzene rings is 1. The van der Waals surface area contributed by atoms with Gasteiger partial charge in [-0.1, -0.05) is 25.5 Å². The number of hydrogen-bond donors (Lipinski definition) is 2. The van der Waals surface area contributed by atoms with Crippen LogP contribution in [0, 0.1) is 11.8 Å². The minimum Gasteiger partial charge on any atom is -0.494 e. The van der Waals surface area contributed by atoms with Crippen molar-refractivity contribution in [2.75, 3.05) is 6.61 Å². The van der Waals surface area contributed by atoms with Crippen molar-refractivity contribution in [1.82, 2.24) is 4.57 Å². The monoisotopic (exact) mass is 490 g/mol. The Labute approximate surface area is 207 Å². The second-order valence-electron chi connectivity index (χ2n) is 8.37. The lowest BCUT2D eigenvalue weighted by Gasteiger charge is -2.12. The predicted octanol–water partition coefficient (Wildman–Crippen LogP) is 6.24. The lowest BCUT2D eigenvalue weighted by atomic mass is 10.00. The third kappa shape index (κ3) is 4.13. The lowest BCUT2D eigenvalue weighted by Crippen LogP contribution is -2.11. The molecule has 0 bridgehead atoms. The maximum absolute atomic E-state index is 12.5. The molecule has 0 unspecified atom stereocenters. The molecular weight excluding hydrogens is 464 g/mol. The first kappa shape index (κ1) is 24.7. The number of aromatic nitrogens is 1. The van der Waals surface area contributed by atoms with Gasteiger partial charge in [0.25, 0.3) is 0 Å². The van der Waals surface area contributed by atoms with Crippen molar-refractivity contribution in [2.24, 2.45) is 5.18 Å². The fraction of sp³-hybridized carbons (Fsp3) is 0.259. The number of carbonyl (C=O) groups excluding carboxylic acids is 2. The Bertz CT molecular complexity index is 1420. The Morgan fingerprint density at radius 1 is 1.03 bits per heavy atom. The zero-order valence-electron chi connectivity index (χ0n) is 20.2. The first-order valence-electron chi connectivity index (χ1n) is 11.7. The second-order valence-corrected chi connectivity index (χ2v) is 8.37. The van der Waals surface area contributed by atoms with Gasteiger partial charge in [0.05, 0.1) is 12.3 Å². The molecule has 0 spiro atoms. The van der Waals surface area contributed by atoms with E-state index >= 15 is 0 Å². The summed E-state index contributed by atoms with van der Waals surface area (Å²) in [5, 5.41) is 25.7. The molecule has 0 fully saturated rings. The Morgan fingerprint density at radius 2 is 1.69 bits per heavy atom. The molecule has 0 aliphatic heterocycles. The summed E-state index contributed by atoms with van der Waals surface area (Å²) in [6.45, 7) is 5.51. The van der Waals surface area contributed by atoms with Gasteiger partial charge in [0.15, 0.2) is 5.75 Å². The molecule has 2 N–H and O–H groups in total. The van der Waals surface area contributed by atoms with Gasteiger partial charge >= 0.3 is 12.1 Å². The highest BCUT2D eigenvalue weighted by molar-refractivity contribution is 5.99. The Kier molecular flexibility index (Phi) is 6.91. The summed E-state index contributed by atoms with van der Waals surface area (Å²) in [7, 11) is 0. The van der Waals surface area contributed by atoms with Crippen LogP contribution in [-0.2, 0) is 11.2 Å². The zero-order valence-corrected chi connectivity index (χ0v) is 20.2. The van der Waals surface area contributed by atoms with Crippen LogP contribution in [0.4, 0.5) is 4.79 Å². The SMILES string of the molecule is CCCCc1c2c(C)cc(C(=O)N=O)ccc-2c(OC(=O)OCC)c1-n1c(O)c2ccccc2c1O. The van der Waals surface area contributed by atoms with E-state index in [1.165, 1.54) is 10.6 Å². The zero-order chi connectivity index (χ0) is 26.0. The Hall–Kier alpha value is -4.40. The number of unbranched alkanes of at least 4 members (excludes halogenated alkanes) is 1. The van der Waals surface area contributed by atoms with Crippen molar-refractivity contribution in [1.29, 1.82) is 0 Å².